The van der Waals surface area contributed by atoms with E-state index in [-0.39, 0.29) is 18.3 Å². The third kappa shape index (κ3) is 3.53. The molecule has 0 bridgehead atoms. The van der Waals surface area contributed by atoms with E-state index < -0.39 is 18.1 Å². The van der Waals surface area contributed by atoms with Gasteiger partial charge in [0.15, 0.2) is 5.82 Å². The van der Waals surface area contributed by atoms with E-state index in [1.165, 1.54) is 4.90 Å². The third-order valence-corrected chi connectivity index (χ3v) is 5.39. The smallest absolute Gasteiger partial charge is 0.291 e. The molecule has 5 rings (SSSR count). The van der Waals surface area contributed by atoms with Gasteiger partial charge in [0.05, 0.1) is 18.8 Å². The molecule has 9 nitrogen and oxygen atoms in total. The molecule has 0 saturated carbocycles. The van der Waals surface area contributed by atoms with Gasteiger partial charge in [0.25, 0.3) is 11.8 Å². The van der Waals surface area contributed by atoms with Crippen LogP contribution in [0.15, 0.2) is 54.6 Å². The standard InChI is InChI=1S/C22H21N5O4/c1-26-16-9-5-6-10-17(16)31-13-15(22(26)29)23-21(28)19-24-20-18(14-7-3-2-4-8-14)30-12-11-27(20)25-19/h2-10,15,18H,11-13H2,1H3,(H,23,28)/t15?,18-/m0/s1. The molecule has 1 unspecified atom stereocenters. The summed E-state index contributed by atoms with van der Waals surface area (Å²) in [6, 6.07) is 16.1. The Morgan fingerprint density at radius 1 is 1.13 bits per heavy atom. The second-order valence-corrected chi connectivity index (χ2v) is 7.38. The molecule has 31 heavy (non-hydrogen) atoms. The third-order valence-electron chi connectivity index (χ3n) is 5.39. The minimum absolute atomic E-state index is 0.00125. The van der Waals surface area contributed by atoms with Crippen molar-refractivity contribution in [1.29, 1.82) is 0 Å². The largest absolute Gasteiger partial charge is 0.489 e. The van der Waals surface area contributed by atoms with E-state index >= 15 is 0 Å². The van der Waals surface area contributed by atoms with E-state index in [9.17, 15) is 9.59 Å². The lowest BCUT2D eigenvalue weighted by molar-refractivity contribution is -0.120. The van der Waals surface area contributed by atoms with Crippen molar-refractivity contribution in [3.05, 3.63) is 71.8 Å². The Balaban J connectivity index is 1.36. The first-order valence-corrected chi connectivity index (χ1v) is 10.0. The molecule has 0 aliphatic carbocycles. The Bertz CT molecular complexity index is 1130. The van der Waals surface area contributed by atoms with Crippen LogP contribution >= 0.6 is 0 Å². The zero-order valence-electron chi connectivity index (χ0n) is 16.9. The number of carbonyl (C=O) groups is 2. The predicted molar refractivity (Wildman–Crippen MR) is 111 cm³/mol. The molecule has 9 heteroatoms. The number of aromatic nitrogens is 3. The number of fused-ring (bicyclic) bond motifs is 2. The van der Waals surface area contributed by atoms with Crippen LogP contribution in [0.5, 0.6) is 5.75 Å². The molecule has 0 saturated heterocycles. The number of anilines is 1. The first kappa shape index (κ1) is 19.3. The molecule has 0 radical (unpaired) electrons. The number of hydrogen-bond acceptors (Lipinski definition) is 6. The highest BCUT2D eigenvalue weighted by atomic mass is 16.5. The van der Waals surface area contributed by atoms with Crippen molar-refractivity contribution in [3.8, 4) is 5.75 Å². The Labute approximate surface area is 178 Å². The molecule has 2 amide bonds. The summed E-state index contributed by atoms with van der Waals surface area (Å²) < 4.78 is 13.3. The summed E-state index contributed by atoms with van der Waals surface area (Å²) in [5, 5.41) is 7.07. The van der Waals surface area contributed by atoms with E-state index in [1.54, 1.807) is 23.9 Å². The van der Waals surface area contributed by atoms with Crippen LogP contribution in [0.2, 0.25) is 0 Å². The van der Waals surface area contributed by atoms with Crippen molar-refractivity contribution in [2.24, 2.45) is 0 Å². The summed E-state index contributed by atoms with van der Waals surface area (Å²) in [6.07, 6.45) is -0.396. The summed E-state index contributed by atoms with van der Waals surface area (Å²) in [4.78, 5) is 31.7. The Hall–Kier alpha value is -3.72. The number of para-hydroxylation sites is 2. The molecule has 1 N–H and O–H groups in total. The maximum absolute atomic E-state index is 12.9. The fourth-order valence-corrected chi connectivity index (χ4v) is 3.79. The highest BCUT2D eigenvalue weighted by Crippen LogP contribution is 2.30. The molecule has 2 aromatic carbocycles. The fourth-order valence-electron chi connectivity index (χ4n) is 3.79. The topological polar surface area (TPSA) is 98.6 Å². The van der Waals surface area contributed by atoms with Gasteiger partial charge in [0, 0.05) is 7.05 Å². The van der Waals surface area contributed by atoms with E-state index in [0.29, 0.717) is 30.4 Å². The zero-order chi connectivity index (χ0) is 21.4. The molecule has 2 atom stereocenters. The molecular weight excluding hydrogens is 398 g/mol. The number of carbonyl (C=O) groups excluding carboxylic acids is 2. The number of nitrogens with one attached hydrogen (secondary N) is 1. The summed E-state index contributed by atoms with van der Waals surface area (Å²) in [6.45, 7) is 0.993. The SMILES string of the molecule is CN1C(=O)C(NC(=O)c2nc3n(n2)CCO[C@H]3c2ccccc2)COc2ccccc21. The van der Waals surface area contributed by atoms with Crippen LogP contribution in [0.25, 0.3) is 0 Å². The average molecular weight is 419 g/mol. The predicted octanol–water partition coefficient (Wildman–Crippen LogP) is 1.55. The number of rotatable bonds is 3. The lowest BCUT2D eigenvalue weighted by Crippen LogP contribution is -2.49. The van der Waals surface area contributed by atoms with Gasteiger partial charge < -0.3 is 19.7 Å². The van der Waals surface area contributed by atoms with Gasteiger partial charge in [0.2, 0.25) is 5.82 Å². The second kappa shape index (κ2) is 7.84. The first-order chi connectivity index (χ1) is 15.1. The molecule has 3 heterocycles. The normalized spacial score (nSPS) is 20.3. The highest BCUT2D eigenvalue weighted by Gasteiger charge is 2.33. The fraction of sp³-hybridized carbons (Fsp3) is 0.273. The van der Waals surface area contributed by atoms with Crippen molar-refractivity contribution in [1.82, 2.24) is 20.1 Å². The number of amides is 2. The summed E-state index contributed by atoms with van der Waals surface area (Å²) >= 11 is 0. The van der Waals surface area contributed by atoms with Crippen LogP contribution in [0.1, 0.15) is 28.1 Å². The van der Waals surface area contributed by atoms with Crippen molar-refractivity contribution in [3.63, 3.8) is 0 Å². The number of likely N-dealkylation sites (N-methyl/N-ethyl adjacent to an activating group) is 1. The lowest BCUT2D eigenvalue weighted by Gasteiger charge is -2.22. The van der Waals surface area contributed by atoms with Crippen LogP contribution in [0.3, 0.4) is 0 Å². The van der Waals surface area contributed by atoms with Crippen LogP contribution < -0.4 is 15.0 Å². The van der Waals surface area contributed by atoms with Crippen molar-refractivity contribution >= 4 is 17.5 Å². The zero-order valence-corrected chi connectivity index (χ0v) is 16.9. The monoisotopic (exact) mass is 419 g/mol. The molecule has 3 aromatic rings. The van der Waals surface area contributed by atoms with Gasteiger partial charge in [-0.15, -0.1) is 5.10 Å². The van der Waals surface area contributed by atoms with Gasteiger partial charge in [-0.2, -0.15) is 0 Å². The first-order valence-electron chi connectivity index (χ1n) is 10.0. The van der Waals surface area contributed by atoms with Gasteiger partial charge in [-0.3, -0.25) is 9.59 Å². The van der Waals surface area contributed by atoms with Crippen LogP contribution in [0.4, 0.5) is 5.69 Å². The maximum Gasteiger partial charge on any atom is 0.291 e. The minimum atomic E-state index is -0.855. The molecule has 0 spiro atoms. The second-order valence-electron chi connectivity index (χ2n) is 7.38. The summed E-state index contributed by atoms with van der Waals surface area (Å²) in [7, 11) is 1.66. The van der Waals surface area contributed by atoms with Gasteiger partial charge in [-0.25, -0.2) is 9.67 Å². The minimum Gasteiger partial charge on any atom is -0.489 e. The number of nitrogens with zero attached hydrogens (tertiary/aromatic N) is 4. The van der Waals surface area contributed by atoms with Crippen LogP contribution in [0, 0.1) is 0 Å². The lowest BCUT2D eigenvalue weighted by atomic mass is 10.1. The molecule has 158 valence electrons. The molecule has 0 fully saturated rings. The Kier molecular flexibility index (Phi) is 4.87. The van der Waals surface area contributed by atoms with Crippen LogP contribution in [-0.4, -0.2) is 52.9 Å². The average Bonchev–Trinajstić information content (AvgIpc) is 3.22. The molecule has 2 aliphatic rings. The summed E-state index contributed by atoms with van der Waals surface area (Å²) in [5.74, 6) is 0.352. The summed E-state index contributed by atoms with van der Waals surface area (Å²) in [5.41, 5.74) is 1.59. The van der Waals surface area contributed by atoms with Gasteiger partial charge >= 0.3 is 0 Å². The van der Waals surface area contributed by atoms with Crippen molar-refractivity contribution in [2.75, 3.05) is 25.2 Å². The van der Waals surface area contributed by atoms with Gasteiger partial charge in [-0.05, 0) is 17.7 Å². The molecule has 2 aliphatic heterocycles. The Morgan fingerprint density at radius 3 is 2.74 bits per heavy atom. The van der Waals surface area contributed by atoms with Gasteiger partial charge in [0.1, 0.15) is 24.5 Å². The van der Waals surface area contributed by atoms with E-state index in [1.807, 2.05) is 42.5 Å². The quantitative estimate of drug-likeness (QED) is 0.692. The molecule has 1 aromatic heterocycles. The Morgan fingerprint density at radius 2 is 1.90 bits per heavy atom. The number of hydrogen-bond donors (Lipinski definition) is 1. The van der Waals surface area contributed by atoms with Crippen molar-refractivity contribution in [2.45, 2.75) is 18.7 Å². The highest BCUT2D eigenvalue weighted by molar-refractivity contribution is 6.02. The van der Waals surface area contributed by atoms with Gasteiger partial charge in [-0.1, -0.05) is 42.5 Å². The number of ether oxygens (including phenoxy) is 2. The molecular formula is C22H21N5O4. The number of benzene rings is 2. The van der Waals surface area contributed by atoms with Crippen molar-refractivity contribution < 1.29 is 19.1 Å². The maximum atomic E-state index is 12.9. The van der Waals surface area contributed by atoms with E-state index in [0.717, 1.165) is 5.56 Å². The van der Waals surface area contributed by atoms with Crippen LogP contribution in [-0.2, 0) is 16.1 Å². The van der Waals surface area contributed by atoms with E-state index in [4.69, 9.17) is 9.47 Å². The van der Waals surface area contributed by atoms with E-state index in [2.05, 4.69) is 15.4 Å².